The van der Waals surface area contributed by atoms with Gasteiger partial charge in [-0.05, 0) is 148 Å². The Morgan fingerprint density at radius 2 is 0.610 bits per heavy atom. The van der Waals surface area contributed by atoms with Gasteiger partial charge in [0, 0.05) is 0 Å². The van der Waals surface area contributed by atoms with E-state index in [1.54, 1.807) is 0 Å². The molecule has 10 rings (SSSR count). The van der Waals surface area contributed by atoms with Crippen LogP contribution in [0, 0.1) is 0 Å². The van der Waals surface area contributed by atoms with Gasteiger partial charge in [-0.3, -0.25) is 0 Å². The highest BCUT2D eigenvalue weighted by Gasteiger charge is 2.22. The lowest BCUT2D eigenvalue weighted by molar-refractivity contribution is 1.51. The summed E-state index contributed by atoms with van der Waals surface area (Å²) in [6.07, 6.45) is 2.28. The molecule has 59 heavy (non-hydrogen) atoms. The summed E-state index contributed by atoms with van der Waals surface area (Å²) in [6, 6.07) is 75.7. The molecule has 0 radical (unpaired) electrons. The second-order valence-electron chi connectivity index (χ2n) is 15.7. The lowest BCUT2D eigenvalue weighted by Gasteiger charge is -2.22. The summed E-state index contributed by atoms with van der Waals surface area (Å²) in [4.78, 5) is 0. The van der Waals surface area contributed by atoms with Gasteiger partial charge in [0.15, 0.2) is 0 Å². The molecule has 10 aromatic carbocycles. The van der Waals surface area contributed by atoms with Crippen molar-refractivity contribution in [2.45, 2.75) is 20.8 Å². The second kappa shape index (κ2) is 15.2. The van der Waals surface area contributed by atoms with Crippen molar-refractivity contribution in [3.63, 3.8) is 0 Å². The minimum Gasteiger partial charge on any atom is -0.0622 e. The SMILES string of the molecule is CC(=Cc1ccccc1)c1cccc(-c2c3ccccc3c(-c3c4ccccc4c(-c4cccc(C(C)=C(C)c5ccccc5)c4)c4ccccc34)c3ccccc23)c1. The molecule has 0 saturated carbocycles. The van der Waals surface area contributed by atoms with Gasteiger partial charge in [-0.1, -0.05) is 200 Å². The third kappa shape index (κ3) is 6.44. The third-order valence-electron chi connectivity index (χ3n) is 12.3. The Hall–Kier alpha value is -7.28. The van der Waals surface area contributed by atoms with E-state index in [9.17, 15) is 0 Å². The summed E-state index contributed by atoms with van der Waals surface area (Å²) in [5.74, 6) is 0. The monoisotopic (exact) mass is 752 g/mol. The van der Waals surface area contributed by atoms with Crippen molar-refractivity contribution in [1.82, 2.24) is 0 Å². The van der Waals surface area contributed by atoms with Crippen LogP contribution in [0.2, 0.25) is 0 Å². The third-order valence-corrected chi connectivity index (χ3v) is 12.3. The fourth-order valence-electron chi connectivity index (χ4n) is 9.25. The number of fused-ring (bicyclic) bond motifs is 4. The maximum absolute atomic E-state index is 2.39. The molecule has 280 valence electrons. The van der Waals surface area contributed by atoms with Crippen molar-refractivity contribution in [2.75, 3.05) is 0 Å². The van der Waals surface area contributed by atoms with Crippen molar-refractivity contribution in [2.24, 2.45) is 0 Å². The Kier molecular flexibility index (Phi) is 9.32. The van der Waals surface area contributed by atoms with E-state index < -0.39 is 0 Å². The first-order valence-corrected chi connectivity index (χ1v) is 20.6. The summed E-state index contributed by atoms with van der Waals surface area (Å²) >= 11 is 0. The molecule has 0 N–H and O–H groups in total. The fraction of sp³-hybridized carbons (Fsp3) is 0.0508. The summed E-state index contributed by atoms with van der Waals surface area (Å²) in [6.45, 7) is 6.70. The molecule has 0 heteroatoms. The molecule has 0 aliphatic carbocycles. The molecule has 0 saturated heterocycles. The highest BCUT2D eigenvalue weighted by Crippen LogP contribution is 2.50. The zero-order chi connectivity index (χ0) is 39.9. The normalized spacial score (nSPS) is 12.4. The quantitative estimate of drug-likeness (QED) is 0.112. The van der Waals surface area contributed by atoms with Crippen LogP contribution in [-0.4, -0.2) is 0 Å². The highest BCUT2D eigenvalue weighted by atomic mass is 14.3. The first-order chi connectivity index (χ1) is 29.0. The Morgan fingerprint density at radius 1 is 0.288 bits per heavy atom. The molecule has 0 aliphatic rings. The average Bonchev–Trinajstić information content (AvgIpc) is 3.30. The van der Waals surface area contributed by atoms with Crippen molar-refractivity contribution >= 4 is 65.9 Å². The van der Waals surface area contributed by atoms with Gasteiger partial charge in [-0.25, -0.2) is 0 Å². The van der Waals surface area contributed by atoms with Crippen LogP contribution in [0.1, 0.15) is 43.0 Å². The minimum absolute atomic E-state index is 1.21. The molecular weight excluding hydrogens is 709 g/mol. The number of allylic oxidation sites excluding steroid dienone is 3. The highest BCUT2D eigenvalue weighted by molar-refractivity contribution is 6.30. The van der Waals surface area contributed by atoms with Crippen LogP contribution in [0.4, 0.5) is 0 Å². The van der Waals surface area contributed by atoms with Gasteiger partial charge in [-0.15, -0.1) is 0 Å². The standard InChI is InChI=1S/C59H44/c1-39(36-42-20-6-4-7-21-42)44-24-18-26-46(37-44)56-48-28-10-14-32-52(48)58(53-33-15-11-29-49(53)56)59-54-34-16-12-30-50(54)57(51-31-13-17-35-55(51)59)47-27-19-25-45(38-47)41(3)40(2)43-22-8-5-9-23-43/h4-38H,1-3H3. The summed E-state index contributed by atoms with van der Waals surface area (Å²) in [7, 11) is 0. The fourth-order valence-corrected chi connectivity index (χ4v) is 9.25. The first-order valence-electron chi connectivity index (χ1n) is 20.6. The van der Waals surface area contributed by atoms with Gasteiger partial charge < -0.3 is 0 Å². The van der Waals surface area contributed by atoms with E-state index in [-0.39, 0.29) is 0 Å². The number of rotatable bonds is 7. The van der Waals surface area contributed by atoms with Crippen LogP contribution < -0.4 is 0 Å². The molecule has 0 nitrogen and oxygen atoms in total. The van der Waals surface area contributed by atoms with E-state index in [2.05, 4.69) is 233 Å². The zero-order valence-corrected chi connectivity index (χ0v) is 33.7. The van der Waals surface area contributed by atoms with Crippen molar-refractivity contribution in [3.05, 3.63) is 229 Å². The lowest BCUT2D eigenvalue weighted by Crippen LogP contribution is -1.95. The second-order valence-corrected chi connectivity index (χ2v) is 15.7. The van der Waals surface area contributed by atoms with Crippen LogP contribution in [0.5, 0.6) is 0 Å². The first kappa shape index (κ1) is 36.1. The van der Waals surface area contributed by atoms with E-state index in [0.29, 0.717) is 0 Å². The molecule has 0 spiro atoms. The van der Waals surface area contributed by atoms with Gasteiger partial charge in [-0.2, -0.15) is 0 Å². The van der Waals surface area contributed by atoms with Crippen LogP contribution in [-0.2, 0) is 0 Å². The van der Waals surface area contributed by atoms with Gasteiger partial charge in [0.05, 0.1) is 0 Å². The van der Waals surface area contributed by atoms with Crippen molar-refractivity contribution < 1.29 is 0 Å². The number of benzene rings is 10. The lowest BCUT2D eigenvalue weighted by atomic mass is 9.80. The van der Waals surface area contributed by atoms with Crippen LogP contribution in [0.3, 0.4) is 0 Å². The summed E-state index contributed by atoms with van der Waals surface area (Å²) in [5.41, 5.74) is 16.3. The predicted molar refractivity (Wildman–Crippen MR) is 257 cm³/mol. The molecule has 0 heterocycles. The van der Waals surface area contributed by atoms with Crippen molar-refractivity contribution in [1.29, 1.82) is 0 Å². The topological polar surface area (TPSA) is 0 Å². The van der Waals surface area contributed by atoms with E-state index >= 15 is 0 Å². The van der Waals surface area contributed by atoms with Crippen LogP contribution in [0.15, 0.2) is 206 Å². The molecule has 0 amide bonds. The van der Waals surface area contributed by atoms with Gasteiger partial charge in [0.25, 0.3) is 0 Å². The average molecular weight is 753 g/mol. The molecule has 0 aromatic heterocycles. The van der Waals surface area contributed by atoms with E-state index in [4.69, 9.17) is 0 Å². The molecule has 0 unspecified atom stereocenters. The number of hydrogen-bond acceptors (Lipinski definition) is 0. The summed E-state index contributed by atoms with van der Waals surface area (Å²) < 4.78 is 0. The Bertz CT molecular complexity index is 3160. The molecule has 0 aliphatic heterocycles. The van der Waals surface area contributed by atoms with Crippen molar-refractivity contribution in [3.8, 4) is 33.4 Å². The molecule has 0 bridgehead atoms. The maximum atomic E-state index is 2.39. The molecule has 0 atom stereocenters. The van der Waals surface area contributed by atoms with Gasteiger partial charge >= 0.3 is 0 Å². The Labute approximate surface area is 347 Å². The van der Waals surface area contributed by atoms with E-state index in [1.165, 1.54) is 115 Å². The van der Waals surface area contributed by atoms with Crippen LogP contribution in [0.25, 0.3) is 99.3 Å². The van der Waals surface area contributed by atoms with Gasteiger partial charge in [0.1, 0.15) is 0 Å². The minimum atomic E-state index is 1.21. The Morgan fingerprint density at radius 3 is 1.05 bits per heavy atom. The van der Waals surface area contributed by atoms with Crippen LogP contribution >= 0.6 is 0 Å². The molecular formula is C59H44. The molecule has 0 fully saturated rings. The number of hydrogen-bond donors (Lipinski definition) is 0. The zero-order valence-electron chi connectivity index (χ0n) is 33.7. The largest absolute Gasteiger partial charge is 0.0622 e. The van der Waals surface area contributed by atoms with E-state index in [1.807, 2.05) is 0 Å². The van der Waals surface area contributed by atoms with E-state index in [0.717, 1.165) is 0 Å². The molecule has 10 aromatic rings. The Balaban J connectivity index is 1.22. The smallest absolute Gasteiger partial charge is 0.00139 e. The summed E-state index contributed by atoms with van der Waals surface area (Å²) in [5, 5.41) is 10.0. The predicted octanol–water partition coefficient (Wildman–Crippen LogP) is 16.8. The maximum Gasteiger partial charge on any atom is -0.00139 e. The van der Waals surface area contributed by atoms with Gasteiger partial charge in [0.2, 0.25) is 0 Å².